The van der Waals surface area contributed by atoms with Crippen LogP contribution in [0.1, 0.15) is 51.2 Å². The van der Waals surface area contributed by atoms with E-state index in [4.69, 9.17) is 0 Å². The summed E-state index contributed by atoms with van der Waals surface area (Å²) in [5, 5.41) is 3.23. The zero-order valence-electron chi connectivity index (χ0n) is 14.6. The Kier molecular flexibility index (Phi) is 5.28. The topological polar surface area (TPSA) is 32.3 Å². The minimum Gasteiger partial charge on any atom is -0.352 e. The maximum atomic E-state index is 12.2. The van der Waals surface area contributed by atoms with Gasteiger partial charge in [0.05, 0.1) is 0 Å². The van der Waals surface area contributed by atoms with Crippen molar-refractivity contribution in [2.24, 2.45) is 5.41 Å². The Morgan fingerprint density at radius 3 is 2.41 bits per heavy atom. The number of carbonyl (C=O) groups excluding carboxylic acids is 1. The molecule has 1 aliphatic heterocycles. The first kappa shape index (κ1) is 17.0. The quantitative estimate of drug-likeness (QED) is 0.930. The third-order valence-corrected chi connectivity index (χ3v) is 4.51. The van der Waals surface area contributed by atoms with Gasteiger partial charge in [-0.25, -0.2) is 0 Å². The number of likely N-dealkylation sites (N-methyl/N-ethyl adjacent to an activating group) is 1. The second kappa shape index (κ2) is 6.82. The Morgan fingerprint density at radius 1 is 1.23 bits per heavy atom. The Bertz CT molecular complexity index is 501. The molecule has 1 amide bonds. The molecule has 1 saturated heterocycles. The van der Waals surface area contributed by atoms with Gasteiger partial charge in [-0.15, -0.1) is 0 Å². The molecule has 22 heavy (non-hydrogen) atoms. The van der Waals surface area contributed by atoms with E-state index in [-0.39, 0.29) is 17.4 Å². The molecule has 2 unspecified atom stereocenters. The van der Waals surface area contributed by atoms with E-state index in [2.05, 4.69) is 48.5 Å². The summed E-state index contributed by atoms with van der Waals surface area (Å²) in [6, 6.07) is 9.21. The van der Waals surface area contributed by atoms with Gasteiger partial charge < -0.3 is 10.2 Å². The van der Waals surface area contributed by atoms with Crippen LogP contribution in [0, 0.1) is 5.41 Å². The molecule has 1 heterocycles. The predicted molar refractivity (Wildman–Crippen MR) is 92.1 cm³/mol. The number of piperidine rings is 1. The molecule has 1 aromatic rings. The number of amides is 1. The van der Waals surface area contributed by atoms with Crippen molar-refractivity contribution in [2.45, 2.75) is 52.5 Å². The highest BCUT2D eigenvalue weighted by Gasteiger charge is 2.30. The lowest BCUT2D eigenvalue weighted by molar-refractivity contribution is -0.129. The fourth-order valence-electron chi connectivity index (χ4n) is 3.09. The maximum Gasteiger partial charge on any atom is 0.225 e. The van der Waals surface area contributed by atoms with E-state index in [1.54, 1.807) is 0 Å². The van der Waals surface area contributed by atoms with E-state index in [1.807, 2.05) is 20.8 Å². The van der Waals surface area contributed by atoms with Crippen LogP contribution >= 0.6 is 0 Å². The molecule has 0 spiro atoms. The van der Waals surface area contributed by atoms with Gasteiger partial charge in [-0.3, -0.25) is 4.79 Å². The van der Waals surface area contributed by atoms with Gasteiger partial charge in [0, 0.05) is 24.5 Å². The van der Waals surface area contributed by atoms with Gasteiger partial charge in [-0.2, -0.15) is 0 Å². The highest BCUT2D eigenvalue weighted by Crippen LogP contribution is 2.27. The summed E-state index contributed by atoms with van der Waals surface area (Å²) >= 11 is 0. The molecule has 0 aromatic heterocycles. The van der Waals surface area contributed by atoms with Gasteiger partial charge in [0.25, 0.3) is 0 Å². The molecule has 1 fully saturated rings. The Balaban J connectivity index is 2.05. The average Bonchev–Trinajstić information content (AvgIpc) is 2.45. The van der Waals surface area contributed by atoms with Crippen molar-refractivity contribution in [1.29, 1.82) is 0 Å². The van der Waals surface area contributed by atoms with Crippen LogP contribution in [0.25, 0.3) is 0 Å². The average molecular weight is 302 g/mol. The van der Waals surface area contributed by atoms with Crippen molar-refractivity contribution in [3.8, 4) is 0 Å². The summed E-state index contributed by atoms with van der Waals surface area (Å²) in [7, 11) is 2.14. The van der Waals surface area contributed by atoms with Gasteiger partial charge in [0.1, 0.15) is 0 Å². The third kappa shape index (κ3) is 4.33. The number of aryl methyl sites for hydroxylation is 1. The van der Waals surface area contributed by atoms with Gasteiger partial charge in [0.15, 0.2) is 0 Å². The highest BCUT2D eigenvalue weighted by atomic mass is 16.2. The molecule has 0 radical (unpaired) electrons. The smallest absolute Gasteiger partial charge is 0.225 e. The summed E-state index contributed by atoms with van der Waals surface area (Å²) in [5.74, 6) is 0.641. The van der Waals surface area contributed by atoms with Gasteiger partial charge >= 0.3 is 0 Å². The van der Waals surface area contributed by atoms with Crippen LogP contribution < -0.4 is 5.32 Å². The molecule has 122 valence electrons. The van der Waals surface area contributed by atoms with E-state index in [0.717, 1.165) is 25.9 Å². The molecule has 0 aliphatic carbocycles. The predicted octanol–water partition coefficient (Wildman–Crippen LogP) is 3.20. The van der Waals surface area contributed by atoms with E-state index in [9.17, 15) is 4.79 Å². The number of rotatable bonds is 3. The van der Waals surface area contributed by atoms with Crippen LogP contribution in [-0.2, 0) is 11.2 Å². The van der Waals surface area contributed by atoms with Gasteiger partial charge in [0.2, 0.25) is 5.91 Å². The fourth-order valence-corrected chi connectivity index (χ4v) is 3.09. The Labute approximate surface area is 135 Å². The molecule has 1 N–H and O–H groups in total. The van der Waals surface area contributed by atoms with Crippen LogP contribution in [0.2, 0.25) is 0 Å². The van der Waals surface area contributed by atoms with Crippen molar-refractivity contribution in [3.63, 3.8) is 0 Å². The number of hydrogen-bond acceptors (Lipinski definition) is 2. The SMILES string of the molecule is CCc1ccc(C2CC(NC(=O)C(C)(C)C)CN(C)C2)cc1. The molecule has 1 aliphatic rings. The minimum absolute atomic E-state index is 0.146. The molecule has 0 saturated carbocycles. The third-order valence-electron chi connectivity index (χ3n) is 4.51. The molecule has 3 heteroatoms. The number of hydrogen-bond donors (Lipinski definition) is 1. The summed E-state index contributed by atoms with van der Waals surface area (Å²) in [6.07, 6.45) is 2.10. The molecule has 3 nitrogen and oxygen atoms in total. The second-order valence-corrected chi connectivity index (χ2v) is 7.67. The summed E-state index contributed by atoms with van der Waals surface area (Å²) in [4.78, 5) is 14.6. The van der Waals surface area contributed by atoms with Crippen LogP contribution in [0.5, 0.6) is 0 Å². The lowest BCUT2D eigenvalue weighted by atomic mass is 9.87. The zero-order chi connectivity index (χ0) is 16.3. The van der Waals surface area contributed by atoms with E-state index < -0.39 is 0 Å². The van der Waals surface area contributed by atoms with E-state index >= 15 is 0 Å². The van der Waals surface area contributed by atoms with Crippen molar-refractivity contribution in [1.82, 2.24) is 10.2 Å². The van der Waals surface area contributed by atoms with E-state index in [1.165, 1.54) is 11.1 Å². The molecule has 2 atom stereocenters. The van der Waals surface area contributed by atoms with Gasteiger partial charge in [-0.1, -0.05) is 52.0 Å². The first-order valence-electron chi connectivity index (χ1n) is 8.38. The minimum atomic E-state index is -0.325. The lowest BCUT2D eigenvalue weighted by Gasteiger charge is -2.37. The molecule has 0 bridgehead atoms. The summed E-state index contributed by atoms with van der Waals surface area (Å²) in [6.45, 7) is 10.1. The van der Waals surface area contributed by atoms with Crippen LogP contribution in [0.4, 0.5) is 0 Å². The van der Waals surface area contributed by atoms with Crippen molar-refractivity contribution in [2.75, 3.05) is 20.1 Å². The number of nitrogens with zero attached hydrogens (tertiary/aromatic N) is 1. The summed E-state index contributed by atoms with van der Waals surface area (Å²) in [5.41, 5.74) is 2.44. The molecule has 2 rings (SSSR count). The van der Waals surface area contributed by atoms with Crippen LogP contribution in [-0.4, -0.2) is 37.0 Å². The first-order chi connectivity index (χ1) is 10.3. The molecular weight excluding hydrogens is 272 g/mol. The number of nitrogens with one attached hydrogen (secondary N) is 1. The standard InChI is InChI=1S/C19H30N2O/c1-6-14-7-9-15(10-8-14)16-11-17(13-21(5)12-16)20-18(22)19(2,3)4/h7-10,16-17H,6,11-13H2,1-5H3,(H,20,22). The Morgan fingerprint density at radius 2 is 1.86 bits per heavy atom. The van der Waals surface area contributed by atoms with Crippen molar-refractivity contribution >= 4 is 5.91 Å². The summed E-state index contributed by atoms with van der Waals surface area (Å²) < 4.78 is 0. The first-order valence-corrected chi connectivity index (χ1v) is 8.38. The normalized spacial score (nSPS) is 23.3. The molecular formula is C19H30N2O. The maximum absolute atomic E-state index is 12.2. The lowest BCUT2D eigenvalue weighted by Crippen LogP contribution is -2.51. The fraction of sp³-hybridized carbons (Fsp3) is 0.632. The highest BCUT2D eigenvalue weighted by molar-refractivity contribution is 5.81. The zero-order valence-corrected chi connectivity index (χ0v) is 14.6. The number of benzene rings is 1. The Hall–Kier alpha value is -1.35. The van der Waals surface area contributed by atoms with Crippen molar-refractivity contribution < 1.29 is 4.79 Å². The number of carbonyl (C=O) groups is 1. The molecule has 1 aromatic carbocycles. The van der Waals surface area contributed by atoms with Crippen LogP contribution in [0.15, 0.2) is 24.3 Å². The van der Waals surface area contributed by atoms with Crippen molar-refractivity contribution in [3.05, 3.63) is 35.4 Å². The van der Waals surface area contributed by atoms with Gasteiger partial charge in [-0.05, 0) is 36.9 Å². The van der Waals surface area contributed by atoms with Crippen LogP contribution in [0.3, 0.4) is 0 Å². The number of likely N-dealkylation sites (tertiary alicyclic amines) is 1. The van der Waals surface area contributed by atoms with E-state index in [0.29, 0.717) is 5.92 Å². The largest absolute Gasteiger partial charge is 0.352 e. The second-order valence-electron chi connectivity index (χ2n) is 7.67. The monoisotopic (exact) mass is 302 g/mol.